The van der Waals surface area contributed by atoms with Gasteiger partial charge in [0.05, 0.1) is 5.75 Å². The van der Waals surface area contributed by atoms with E-state index in [-0.39, 0.29) is 11.8 Å². The van der Waals surface area contributed by atoms with Crippen molar-refractivity contribution in [1.82, 2.24) is 0 Å². The minimum atomic E-state index is -0.120. The van der Waals surface area contributed by atoms with Crippen molar-refractivity contribution in [3.05, 3.63) is 24.3 Å². The van der Waals surface area contributed by atoms with Gasteiger partial charge in [-0.1, -0.05) is 18.9 Å². The van der Waals surface area contributed by atoms with Crippen LogP contribution in [0.2, 0.25) is 0 Å². The van der Waals surface area contributed by atoms with Gasteiger partial charge in [-0.15, -0.1) is 0 Å². The lowest BCUT2D eigenvalue weighted by molar-refractivity contribution is -0.114. The Morgan fingerprint density at radius 3 is 2.52 bits per heavy atom. The molecular weight excluding hydrogens is 284 g/mol. The second-order valence-electron chi connectivity index (χ2n) is 5.48. The van der Waals surface area contributed by atoms with Crippen LogP contribution in [-0.2, 0) is 9.59 Å². The van der Waals surface area contributed by atoms with Crippen LogP contribution in [0.3, 0.4) is 0 Å². The molecule has 0 heterocycles. The summed E-state index contributed by atoms with van der Waals surface area (Å²) in [6.07, 6.45) is 5.31. The van der Waals surface area contributed by atoms with Crippen LogP contribution >= 0.6 is 11.8 Å². The fourth-order valence-corrected chi connectivity index (χ4v) is 3.61. The molecule has 0 spiro atoms. The smallest absolute Gasteiger partial charge is 0.234 e. The maximum Gasteiger partial charge on any atom is 0.234 e. The molecule has 1 aliphatic rings. The Bertz CT molecular complexity index is 499. The average molecular weight is 306 g/mol. The van der Waals surface area contributed by atoms with Crippen molar-refractivity contribution in [3.8, 4) is 0 Å². The zero-order chi connectivity index (χ0) is 15.1. The molecule has 21 heavy (non-hydrogen) atoms. The van der Waals surface area contributed by atoms with Crippen molar-refractivity contribution in [2.24, 2.45) is 5.92 Å². The minimum Gasteiger partial charge on any atom is -0.326 e. The van der Waals surface area contributed by atoms with Crippen LogP contribution in [0, 0.1) is 5.92 Å². The Morgan fingerprint density at radius 2 is 1.86 bits per heavy atom. The highest BCUT2D eigenvalue weighted by Gasteiger charge is 2.15. The summed E-state index contributed by atoms with van der Waals surface area (Å²) in [6.45, 7) is 1.46. The number of hydrogen-bond donors (Lipinski definition) is 2. The van der Waals surface area contributed by atoms with Crippen molar-refractivity contribution in [2.75, 3.05) is 22.1 Å². The number of carbonyl (C=O) groups excluding carboxylic acids is 2. The summed E-state index contributed by atoms with van der Waals surface area (Å²) in [5, 5.41) is 5.57. The second kappa shape index (κ2) is 8.08. The number of anilines is 2. The summed E-state index contributed by atoms with van der Waals surface area (Å²) in [5.74, 6) is 2.26. The Kier molecular flexibility index (Phi) is 6.11. The number of amides is 2. The maximum absolute atomic E-state index is 11.9. The number of thioether (sulfide) groups is 1. The van der Waals surface area contributed by atoms with Crippen molar-refractivity contribution < 1.29 is 9.59 Å². The zero-order valence-corrected chi connectivity index (χ0v) is 13.2. The third-order valence-corrected chi connectivity index (χ3v) is 4.70. The molecule has 2 rings (SSSR count). The van der Waals surface area contributed by atoms with Crippen molar-refractivity contribution in [3.63, 3.8) is 0 Å². The fourth-order valence-electron chi connectivity index (χ4n) is 2.57. The van der Waals surface area contributed by atoms with Crippen LogP contribution in [0.5, 0.6) is 0 Å². The Hall–Kier alpha value is -1.49. The summed E-state index contributed by atoms with van der Waals surface area (Å²) in [6, 6.07) is 7.20. The normalized spacial score (nSPS) is 14.9. The highest BCUT2D eigenvalue weighted by molar-refractivity contribution is 7.99. The predicted octanol–water partition coefficient (Wildman–Crippen LogP) is 3.51. The molecule has 5 heteroatoms. The van der Waals surface area contributed by atoms with Gasteiger partial charge in [-0.2, -0.15) is 11.8 Å². The predicted molar refractivity (Wildman–Crippen MR) is 88.7 cm³/mol. The molecule has 0 unspecified atom stereocenters. The number of nitrogens with one attached hydrogen (secondary N) is 2. The summed E-state index contributed by atoms with van der Waals surface area (Å²) < 4.78 is 0. The van der Waals surface area contributed by atoms with Gasteiger partial charge in [-0.05, 0) is 42.7 Å². The highest BCUT2D eigenvalue weighted by Crippen LogP contribution is 2.27. The van der Waals surface area contributed by atoms with Crippen molar-refractivity contribution in [1.29, 1.82) is 0 Å². The lowest BCUT2D eigenvalue weighted by atomic mass is 10.1. The number of hydrogen-bond acceptors (Lipinski definition) is 3. The van der Waals surface area contributed by atoms with Crippen LogP contribution in [0.1, 0.15) is 32.6 Å². The Morgan fingerprint density at radius 1 is 1.19 bits per heavy atom. The lowest BCUT2D eigenvalue weighted by Crippen LogP contribution is -2.15. The lowest BCUT2D eigenvalue weighted by Gasteiger charge is -2.09. The summed E-state index contributed by atoms with van der Waals surface area (Å²) >= 11 is 1.71. The molecule has 1 aromatic carbocycles. The molecule has 1 aromatic rings. The van der Waals surface area contributed by atoms with E-state index >= 15 is 0 Å². The van der Waals surface area contributed by atoms with E-state index in [4.69, 9.17) is 0 Å². The van der Waals surface area contributed by atoms with Crippen LogP contribution in [-0.4, -0.2) is 23.3 Å². The third-order valence-electron chi connectivity index (χ3n) is 3.53. The molecule has 1 fully saturated rings. The van der Waals surface area contributed by atoms with Gasteiger partial charge in [-0.25, -0.2) is 0 Å². The molecule has 1 saturated carbocycles. The first-order chi connectivity index (χ1) is 10.1. The molecule has 2 amide bonds. The molecule has 0 aromatic heterocycles. The van der Waals surface area contributed by atoms with Crippen LogP contribution in [0.4, 0.5) is 11.4 Å². The molecule has 0 aliphatic heterocycles. The van der Waals surface area contributed by atoms with E-state index < -0.39 is 0 Å². The molecule has 4 nitrogen and oxygen atoms in total. The van der Waals surface area contributed by atoms with E-state index in [9.17, 15) is 9.59 Å². The third kappa shape index (κ3) is 5.79. The van der Waals surface area contributed by atoms with Gasteiger partial charge in [0, 0.05) is 18.3 Å². The molecule has 1 aliphatic carbocycles. The second-order valence-corrected chi connectivity index (χ2v) is 6.51. The minimum absolute atomic E-state index is 0.0120. The van der Waals surface area contributed by atoms with E-state index in [1.54, 1.807) is 23.9 Å². The molecule has 0 atom stereocenters. The molecule has 0 saturated heterocycles. The SMILES string of the molecule is CC(=O)Nc1cccc(NC(=O)CSCC2CCCC2)c1. The van der Waals surface area contributed by atoms with Gasteiger partial charge >= 0.3 is 0 Å². The maximum atomic E-state index is 11.9. The first-order valence-electron chi connectivity index (χ1n) is 7.39. The molecule has 0 radical (unpaired) electrons. The van der Waals surface area contributed by atoms with Crippen LogP contribution < -0.4 is 10.6 Å². The first-order valence-corrected chi connectivity index (χ1v) is 8.54. The van der Waals surface area contributed by atoms with E-state index in [0.29, 0.717) is 17.1 Å². The molecule has 2 N–H and O–H groups in total. The van der Waals surface area contributed by atoms with Gasteiger partial charge in [0.15, 0.2) is 0 Å². The molecule has 114 valence electrons. The van der Waals surface area contributed by atoms with Crippen LogP contribution in [0.25, 0.3) is 0 Å². The summed E-state index contributed by atoms with van der Waals surface area (Å²) in [4.78, 5) is 22.9. The van der Waals surface area contributed by atoms with Crippen molar-refractivity contribution >= 4 is 35.0 Å². The fraction of sp³-hybridized carbons (Fsp3) is 0.500. The molecule has 0 bridgehead atoms. The van der Waals surface area contributed by atoms with E-state index in [2.05, 4.69) is 10.6 Å². The standard InChI is InChI=1S/C16H22N2O2S/c1-12(19)17-14-7-4-8-15(9-14)18-16(20)11-21-10-13-5-2-3-6-13/h4,7-9,13H,2-3,5-6,10-11H2,1H3,(H,17,19)(H,18,20). The van der Waals surface area contributed by atoms with E-state index in [1.165, 1.54) is 32.6 Å². The summed E-state index contributed by atoms with van der Waals surface area (Å²) in [7, 11) is 0. The quantitative estimate of drug-likeness (QED) is 0.845. The van der Waals surface area contributed by atoms with Gasteiger partial charge in [-0.3, -0.25) is 9.59 Å². The monoisotopic (exact) mass is 306 g/mol. The summed E-state index contributed by atoms with van der Waals surface area (Å²) in [5.41, 5.74) is 1.41. The average Bonchev–Trinajstić information content (AvgIpc) is 2.91. The van der Waals surface area contributed by atoms with Crippen molar-refractivity contribution in [2.45, 2.75) is 32.6 Å². The first kappa shape index (κ1) is 15.9. The van der Waals surface area contributed by atoms with Gasteiger partial charge in [0.25, 0.3) is 0 Å². The van der Waals surface area contributed by atoms with Crippen LogP contribution in [0.15, 0.2) is 24.3 Å². The Balaban J connectivity index is 1.75. The Labute approximate surface area is 130 Å². The topological polar surface area (TPSA) is 58.2 Å². The van der Waals surface area contributed by atoms with E-state index in [0.717, 1.165) is 11.7 Å². The largest absolute Gasteiger partial charge is 0.326 e. The zero-order valence-electron chi connectivity index (χ0n) is 12.4. The van der Waals surface area contributed by atoms with Gasteiger partial charge in [0.2, 0.25) is 11.8 Å². The number of rotatable bonds is 6. The molecular formula is C16H22N2O2S. The van der Waals surface area contributed by atoms with E-state index in [1.807, 2.05) is 12.1 Å². The van der Waals surface area contributed by atoms with Gasteiger partial charge < -0.3 is 10.6 Å². The number of benzene rings is 1. The van der Waals surface area contributed by atoms with Gasteiger partial charge in [0.1, 0.15) is 0 Å². The number of carbonyl (C=O) groups is 2. The highest BCUT2D eigenvalue weighted by atomic mass is 32.2.